The van der Waals surface area contributed by atoms with Crippen molar-refractivity contribution in [3.63, 3.8) is 0 Å². The number of halogens is 3. The Morgan fingerprint density at radius 2 is 2.19 bits per heavy atom. The van der Waals surface area contributed by atoms with Crippen LogP contribution in [0, 0.1) is 10.1 Å². The second-order valence-electron chi connectivity index (χ2n) is 5.00. The summed E-state index contributed by atoms with van der Waals surface area (Å²) in [5, 5.41) is 13.7. The maximum Gasteiger partial charge on any atom is 0.418 e. The van der Waals surface area contributed by atoms with E-state index in [1.54, 1.807) is 11.9 Å². The maximum absolute atomic E-state index is 13.2. The number of hydrogen-bond donors (Lipinski definition) is 1. The first kappa shape index (κ1) is 15.6. The summed E-state index contributed by atoms with van der Waals surface area (Å²) in [7, 11) is 1.75. The summed E-state index contributed by atoms with van der Waals surface area (Å²) in [5.41, 5.74) is -1.47. The highest BCUT2D eigenvalue weighted by atomic mass is 19.4. The zero-order valence-corrected chi connectivity index (χ0v) is 11.5. The first-order chi connectivity index (χ1) is 9.84. The van der Waals surface area contributed by atoms with Crippen LogP contribution in [0.1, 0.15) is 18.4 Å². The lowest BCUT2D eigenvalue weighted by Gasteiger charge is -2.29. The molecule has 2 rings (SSSR count). The summed E-state index contributed by atoms with van der Waals surface area (Å²) >= 11 is 0. The van der Waals surface area contributed by atoms with Crippen molar-refractivity contribution in [1.82, 2.24) is 5.32 Å². The number of nitro groups is 1. The molecule has 1 aromatic carbocycles. The van der Waals surface area contributed by atoms with Gasteiger partial charge in [0.1, 0.15) is 0 Å². The van der Waals surface area contributed by atoms with E-state index >= 15 is 0 Å². The van der Waals surface area contributed by atoms with Gasteiger partial charge in [-0.2, -0.15) is 13.2 Å². The lowest BCUT2D eigenvalue weighted by atomic mass is 10.1. The molecule has 1 atom stereocenters. The molecule has 1 unspecified atom stereocenters. The van der Waals surface area contributed by atoms with Gasteiger partial charge in [0.15, 0.2) is 0 Å². The molecule has 0 amide bonds. The van der Waals surface area contributed by atoms with E-state index in [9.17, 15) is 23.3 Å². The summed E-state index contributed by atoms with van der Waals surface area (Å²) in [6.07, 6.45) is -3.01. The summed E-state index contributed by atoms with van der Waals surface area (Å²) in [6, 6.07) is 2.91. The van der Waals surface area contributed by atoms with Crippen molar-refractivity contribution in [1.29, 1.82) is 0 Å². The van der Waals surface area contributed by atoms with Gasteiger partial charge in [-0.1, -0.05) is 0 Å². The van der Waals surface area contributed by atoms with Crippen LogP contribution in [0.4, 0.5) is 24.5 Å². The first-order valence-electron chi connectivity index (χ1n) is 6.61. The number of benzene rings is 1. The SMILES string of the molecule is CNCC1CCCN1c1ccc([N+](=O)[O-])cc1C(F)(F)F. The minimum Gasteiger partial charge on any atom is -0.367 e. The van der Waals surface area contributed by atoms with Crippen LogP contribution < -0.4 is 10.2 Å². The molecule has 1 aromatic rings. The van der Waals surface area contributed by atoms with Crippen LogP contribution in [0.15, 0.2) is 18.2 Å². The van der Waals surface area contributed by atoms with Crippen molar-refractivity contribution >= 4 is 11.4 Å². The van der Waals surface area contributed by atoms with Crippen molar-refractivity contribution in [2.75, 3.05) is 25.0 Å². The average Bonchev–Trinajstić information content (AvgIpc) is 2.85. The number of likely N-dealkylation sites (N-methyl/N-ethyl adjacent to an activating group) is 1. The molecule has 1 heterocycles. The Hall–Kier alpha value is -1.83. The molecule has 1 fully saturated rings. The molecule has 0 saturated carbocycles. The van der Waals surface area contributed by atoms with Crippen molar-refractivity contribution in [3.05, 3.63) is 33.9 Å². The van der Waals surface area contributed by atoms with Crippen LogP contribution in [0.5, 0.6) is 0 Å². The van der Waals surface area contributed by atoms with Crippen LogP contribution in [0.3, 0.4) is 0 Å². The molecular weight excluding hydrogens is 287 g/mol. The third-order valence-electron chi connectivity index (χ3n) is 3.62. The number of anilines is 1. The van der Waals surface area contributed by atoms with Gasteiger partial charge in [-0.15, -0.1) is 0 Å². The molecule has 0 aromatic heterocycles. The van der Waals surface area contributed by atoms with E-state index in [0.29, 0.717) is 19.2 Å². The van der Waals surface area contributed by atoms with Gasteiger partial charge in [-0.3, -0.25) is 10.1 Å². The molecule has 116 valence electrons. The molecule has 0 bridgehead atoms. The van der Waals surface area contributed by atoms with Crippen molar-refractivity contribution in [2.45, 2.75) is 25.1 Å². The van der Waals surface area contributed by atoms with Gasteiger partial charge in [0.2, 0.25) is 0 Å². The van der Waals surface area contributed by atoms with E-state index in [1.165, 1.54) is 6.07 Å². The molecule has 1 aliphatic rings. The third-order valence-corrected chi connectivity index (χ3v) is 3.62. The highest BCUT2D eigenvalue weighted by molar-refractivity contribution is 5.60. The van der Waals surface area contributed by atoms with Gasteiger partial charge in [-0.05, 0) is 26.0 Å². The van der Waals surface area contributed by atoms with E-state index < -0.39 is 22.4 Å². The standard InChI is InChI=1S/C13H16F3N3O2/c1-17-8-10-3-2-6-18(10)12-5-4-9(19(20)21)7-11(12)13(14,15)16/h4-5,7,10,17H,2-3,6,8H2,1H3. The van der Waals surface area contributed by atoms with Crippen molar-refractivity contribution < 1.29 is 18.1 Å². The fourth-order valence-corrected chi connectivity index (χ4v) is 2.72. The lowest BCUT2D eigenvalue weighted by Crippen LogP contribution is -2.37. The van der Waals surface area contributed by atoms with Crippen LogP contribution in [-0.4, -0.2) is 31.1 Å². The van der Waals surface area contributed by atoms with Gasteiger partial charge in [-0.25, -0.2) is 0 Å². The molecule has 1 aliphatic heterocycles. The smallest absolute Gasteiger partial charge is 0.367 e. The van der Waals surface area contributed by atoms with Gasteiger partial charge in [0, 0.05) is 37.0 Å². The lowest BCUT2D eigenvalue weighted by molar-refractivity contribution is -0.385. The average molecular weight is 303 g/mol. The van der Waals surface area contributed by atoms with Gasteiger partial charge in [0.25, 0.3) is 5.69 Å². The van der Waals surface area contributed by atoms with Crippen LogP contribution in [0.2, 0.25) is 0 Å². The monoisotopic (exact) mass is 303 g/mol. The molecule has 0 aliphatic carbocycles. The second kappa shape index (κ2) is 5.88. The van der Waals surface area contributed by atoms with Gasteiger partial charge < -0.3 is 10.2 Å². The minimum atomic E-state index is -4.62. The summed E-state index contributed by atoms with van der Waals surface area (Å²) in [6.45, 7) is 1.10. The van der Waals surface area contributed by atoms with Crippen molar-refractivity contribution in [2.24, 2.45) is 0 Å². The summed E-state index contributed by atoms with van der Waals surface area (Å²) < 4.78 is 39.6. The summed E-state index contributed by atoms with van der Waals surface area (Å²) in [5.74, 6) is 0. The molecule has 21 heavy (non-hydrogen) atoms. The van der Waals surface area contributed by atoms with E-state index in [-0.39, 0.29) is 11.7 Å². The molecular formula is C13H16F3N3O2. The first-order valence-corrected chi connectivity index (χ1v) is 6.61. The maximum atomic E-state index is 13.2. The topological polar surface area (TPSA) is 58.4 Å². The van der Waals surface area contributed by atoms with Crippen molar-refractivity contribution in [3.8, 4) is 0 Å². The Balaban J connectivity index is 2.45. The molecule has 0 spiro atoms. The number of nitrogens with zero attached hydrogens (tertiary/aromatic N) is 2. The third kappa shape index (κ3) is 3.26. The molecule has 5 nitrogen and oxygen atoms in total. The molecule has 8 heteroatoms. The van der Waals surface area contributed by atoms with E-state index in [0.717, 1.165) is 18.9 Å². The van der Waals surface area contributed by atoms with Crippen LogP contribution in [0.25, 0.3) is 0 Å². The number of rotatable bonds is 4. The van der Waals surface area contributed by atoms with E-state index in [4.69, 9.17) is 0 Å². The van der Waals surface area contributed by atoms with Gasteiger partial charge >= 0.3 is 6.18 Å². The zero-order chi connectivity index (χ0) is 15.6. The van der Waals surface area contributed by atoms with E-state index in [1.807, 2.05) is 0 Å². The zero-order valence-electron chi connectivity index (χ0n) is 11.5. The number of hydrogen-bond acceptors (Lipinski definition) is 4. The Bertz CT molecular complexity index is 534. The fraction of sp³-hybridized carbons (Fsp3) is 0.538. The number of non-ortho nitro benzene ring substituents is 1. The number of nitrogens with one attached hydrogen (secondary N) is 1. The highest BCUT2D eigenvalue weighted by Crippen LogP contribution is 2.40. The molecule has 1 saturated heterocycles. The number of alkyl halides is 3. The Kier molecular flexibility index (Phi) is 4.36. The normalized spacial score (nSPS) is 19.0. The highest BCUT2D eigenvalue weighted by Gasteiger charge is 2.38. The second-order valence-corrected chi connectivity index (χ2v) is 5.00. The number of nitro benzene ring substituents is 1. The van der Waals surface area contributed by atoms with Crippen LogP contribution >= 0.6 is 0 Å². The van der Waals surface area contributed by atoms with Gasteiger partial charge in [0.05, 0.1) is 10.5 Å². The Morgan fingerprint density at radius 3 is 2.76 bits per heavy atom. The predicted octanol–water partition coefficient (Wildman–Crippen LogP) is 2.80. The van der Waals surface area contributed by atoms with Crippen LogP contribution in [-0.2, 0) is 6.18 Å². The quantitative estimate of drug-likeness (QED) is 0.686. The Morgan fingerprint density at radius 1 is 1.48 bits per heavy atom. The summed E-state index contributed by atoms with van der Waals surface area (Å²) in [4.78, 5) is 11.6. The largest absolute Gasteiger partial charge is 0.418 e. The fourth-order valence-electron chi connectivity index (χ4n) is 2.72. The Labute approximate surface area is 119 Å². The molecule has 0 radical (unpaired) electrons. The predicted molar refractivity (Wildman–Crippen MR) is 72.4 cm³/mol. The minimum absolute atomic E-state index is 0.0193. The van der Waals surface area contributed by atoms with E-state index in [2.05, 4.69) is 5.32 Å². The molecule has 1 N–H and O–H groups in total.